The summed E-state index contributed by atoms with van der Waals surface area (Å²) in [6, 6.07) is 15.3. The summed E-state index contributed by atoms with van der Waals surface area (Å²) < 4.78 is 13.3. The van der Waals surface area contributed by atoms with Crippen molar-refractivity contribution in [1.29, 1.82) is 0 Å². The summed E-state index contributed by atoms with van der Waals surface area (Å²) in [5.74, 6) is -0.299. The van der Waals surface area contributed by atoms with Crippen molar-refractivity contribution in [2.45, 2.75) is 45.6 Å². The van der Waals surface area contributed by atoms with Crippen LogP contribution in [0.1, 0.15) is 53.0 Å². The number of amides is 3. The van der Waals surface area contributed by atoms with Crippen LogP contribution >= 0.6 is 0 Å². The van der Waals surface area contributed by atoms with Gasteiger partial charge in [0.15, 0.2) is 5.58 Å². The molecule has 44 heavy (non-hydrogen) atoms. The molecule has 0 saturated carbocycles. The molecule has 2 aliphatic rings. The summed E-state index contributed by atoms with van der Waals surface area (Å²) in [6.45, 7) is 6.91. The molecule has 1 saturated heterocycles. The zero-order valence-corrected chi connectivity index (χ0v) is 25.2. The lowest BCUT2D eigenvalue weighted by Gasteiger charge is -2.25. The van der Waals surface area contributed by atoms with Crippen LogP contribution in [0.3, 0.4) is 0 Å². The Balaban J connectivity index is 1.20. The molecule has 6 rings (SSSR count). The lowest BCUT2D eigenvalue weighted by atomic mass is 9.88. The van der Waals surface area contributed by atoms with E-state index < -0.39 is 5.92 Å². The van der Waals surface area contributed by atoms with Gasteiger partial charge in [-0.05, 0) is 49.6 Å². The van der Waals surface area contributed by atoms with Gasteiger partial charge >= 0.3 is 0 Å². The number of likely N-dealkylation sites (tertiary alicyclic amines) is 1. The summed E-state index contributed by atoms with van der Waals surface area (Å²) in [5, 5.41) is 12.5. The van der Waals surface area contributed by atoms with E-state index in [2.05, 4.69) is 22.5 Å². The van der Waals surface area contributed by atoms with Gasteiger partial charge in [-0.1, -0.05) is 36.3 Å². The maximum atomic E-state index is 13.7. The molecule has 4 aromatic rings. The van der Waals surface area contributed by atoms with Crippen LogP contribution in [0.4, 0.5) is 0 Å². The number of aromatic nitrogens is 3. The van der Waals surface area contributed by atoms with Gasteiger partial charge in [0.05, 0.1) is 30.2 Å². The van der Waals surface area contributed by atoms with Gasteiger partial charge in [0.2, 0.25) is 11.8 Å². The molecule has 3 amide bonds. The first kappa shape index (κ1) is 29.4. The van der Waals surface area contributed by atoms with E-state index >= 15 is 0 Å². The zero-order valence-electron chi connectivity index (χ0n) is 25.2. The largest absolute Gasteiger partial charge is 0.494 e. The fourth-order valence-corrected chi connectivity index (χ4v) is 6.22. The summed E-state index contributed by atoms with van der Waals surface area (Å²) in [7, 11) is 0. The summed E-state index contributed by atoms with van der Waals surface area (Å²) in [4.78, 5) is 44.3. The Morgan fingerprint density at radius 1 is 1.05 bits per heavy atom. The summed E-state index contributed by atoms with van der Waals surface area (Å²) in [5.41, 5.74) is 3.45. The average molecular weight is 599 g/mol. The SMILES string of the molecule is CCCn1cc(C(=O)N2C[C@@H]3C(=O)NCCN(C(=O)Cc4noc5ccccc45)CCCOc4cccc(c4)[C@H]3C2)c(C)n1. The van der Waals surface area contributed by atoms with E-state index in [1.165, 1.54) is 0 Å². The summed E-state index contributed by atoms with van der Waals surface area (Å²) >= 11 is 0. The van der Waals surface area contributed by atoms with Crippen LogP contribution in [-0.4, -0.2) is 81.8 Å². The van der Waals surface area contributed by atoms with E-state index in [9.17, 15) is 14.4 Å². The Morgan fingerprint density at radius 2 is 1.89 bits per heavy atom. The number of fused-ring (bicyclic) bond motifs is 5. The maximum Gasteiger partial charge on any atom is 0.257 e. The number of hydrogen-bond donors (Lipinski definition) is 1. The van der Waals surface area contributed by atoms with Crippen molar-refractivity contribution in [3.05, 3.63) is 77.2 Å². The van der Waals surface area contributed by atoms with E-state index in [1.54, 1.807) is 20.7 Å². The monoisotopic (exact) mass is 598 g/mol. The molecule has 2 aromatic heterocycles. The predicted octanol–water partition coefficient (Wildman–Crippen LogP) is 3.57. The molecule has 11 heteroatoms. The molecule has 11 nitrogen and oxygen atoms in total. The van der Waals surface area contributed by atoms with Gasteiger partial charge in [0.1, 0.15) is 11.4 Å². The van der Waals surface area contributed by atoms with Crippen molar-refractivity contribution >= 4 is 28.7 Å². The van der Waals surface area contributed by atoms with Gasteiger partial charge in [-0.2, -0.15) is 5.10 Å². The first-order valence-corrected chi connectivity index (χ1v) is 15.4. The average Bonchev–Trinajstić information content (AvgIpc) is 3.75. The number of nitrogens with zero attached hydrogens (tertiary/aromatic N) is 5. The van der Waals surface area contributed by atoms with Gasteiger partial charge in [-0.25, -0.2) is 0 Å². The fraction of sp³-hybridized carbons (Fsp3) is 0.424. The molecule has 0 spiro atoms. The first-order chi connectivity index (χ1) is 21.4. The molecular formula is C33H38N6O5. The summed E-state index contributed by atoms with van der Waals surface area (Å²) in [6.07, 6.45) is 3.45. The molecule has 1 fully saturated rings. The van der Waals surface area contributed by atoms with Crippen LogP contribution in [0.25, 0.3) is 11.0 Å². The topological polar surface area (TPSA) is 123 Å². The van der Waals surface area contributed by atoms with E-state index in [1.807, 2.05) is 55.5 Å². The standard InChI is InChI=1S/C33H38N6O5/c1-3-13-39-21-26(22(2)35-39)33(42)38-19-27-23-8-6-9-24(17-23)43-16-7-14-37(15-12-34-32(41)28(27)20-38)31(40)18-29-25-10-4-5-11-30(25)44-36-29/h4-6,8-11,17,21,27-28H,3,7,12-16,18-20H2,1-2H3,(H,34,41)/t27-,28+/m1/s1. The highest BCUT2D eigenvalue weighted by Crippen LogP contribution is 2.35. The van der Waals surface area contributed by atoms with Crippen molar-refractivity contribution < 1.29 is 23.6 Å². The van der Waals surface area contributed by atoms with Crippen molar-refractivity contribution in [3.63, 3.8) is 0 Å². The zero-order chi connectivity index (χ0) is 30.6. The highest BCUT2D eigenvalue weighted by molar-refractivity contribution is 5.96. The third kappa shape index (κ3) is 6.17. The Kier molecular flexibility index (Phi) is 8.63. The Labute approximate surface area is 256 Å². The number of nitrogens with one attached hydrogen (secondary N) is 1. The Hall–Kier alpha value is -4.67. The quantitative estimate of drug-likeness (QED) is 0.373. The van der Waals surface area contributed by atoms with E-state index in [-0.39, 0.29) is 30.1 Å². The van der Waals surface area contributed by atoms with Crippen LogP contribution in [0.5, 0.6) is 5.75 Å². The van der Waals surface area contributed by atoms with E-state index in [0.717, 1.165) is 23.9 Å². The molecule has 0 unspecified atom stereocenters. The third-order valence-corrected chi connectivity index (χ3v) is 8.51. The molecule has 2 aliphatic heterocycles. The molecule has 2 aromatic carbocycles. The normalized spacial score (nSPS) is 19.3. The molecule has 2 atom stereocenters. The predicted molar refractivity (Wildman–Crippen MR) is 163 cm³/mol. The molecule has 1 N–H and O–H groups in total. The van der Waals surface area contributed by atoms with Gasteiger partial charge in [-0.3, -0.25) is 19.1 Å². The van der Waals surface area contributed by atoms with Crippen LogP contribution < -0.4 is 10.1 Å². The number of para-hydroxylation sites is 1. The number of carbonyl (C=O) groups is 3. The Morgan fingerprint density at radius 3 is 2.75 bits per heavy atom. The van der Waals surface area contributed by atoms with Gasteiger partial charge in [0, 0.05) is 56.8 Å². The highest BCUT2D eigenvalue weighted by atomic mass is 16.5. The van der Waals surface area contributed by atoms with Crippen LogP contribution in [0, 0.1) is 12.8 Å². The number of ether oxygens (including phenoxy) is 1. The molecule has 2 bridgehead atoms. The van der Waals surface area contributed by atoms with Crippen LogP contribution in [0.2, 0.25) is 0 Å². The van der Waals surface area contributed by atoms with Gasteiger partial charge in [0.25, 0.3) is 5.91 Å². The van der Waals surface area contributed by atoms with Crippen molar-refractivity contribution in [1.82, 2.24) is 30.1 Å². The lowest BCUT2D eigenvalue weighted by molar-refractivity contribution is -0.131. The minimum Gasteiger partial charge on any atom is -0.494 e. The number of rotatable bonds is 5. The van der Waals surface area contributed by atoms with E-state index in [0.29, 0.717) is 74.0 Å². The number of carbonyl (C=O) groups excluding carboxylic acids is 3. The molecule has 230 valence electrons. The maximum absolute atomic E-state index is 13.7. The highest BCUT2D eigenvalue weighted by Gasteiger charge is 2.41. The van der Waals surface area contributed by atoms with Crippen LogP contribution in [0.15, 0.2) is 59.3 Å². The fourth-order valence-electron chi connectivity index (χ4n) is 6.22. The van der Waals surface area contributed by atoms with Crippen LogP contribution in [-0.2, 0) is 22.6 Å². The van der Waals surface area contributed by atoms with Crippen molar-refractivity contribution in [2.75, 3.05) is 39.3 Å². The third-order valence-electron chi connectivity index (χ3n) is 8.51. The van der Waals surface area contributed by atoms with E-state index in [4.69, 9.17) is 9.26 Å². The van der Waals surface area contributed by atoms with Crippen molar-refractivity contribution in [2.24, 2.45) is 5.92 Å². The second kappa shape index (κ2) is 12.9. The van der Waals surface area contributed by atoms with Gasteiger partial charge in [-0.15, -0.1) is 0 Å². The molecular weight excluding hydrogens is 560 g/mol. The van der Waals surface area contributed by atoms with Gasteiger partial charge < -0.3 is 24.4 Å². The number of benzene rings is 2. The Bertz CT molecular complexity index is 1660. The molecule has 4 heterocycles. The lowest BCUT2D eigenvalue weighted by Crippen LogP contribution is -2.42. The molecule has 0 radical (unpaired) electrons. The smallest absolute Gasteiger partial charge is 0.257 e. The minimum absolute atomic E-state index is 0.0955. The minimum atomic E-state index is -0.450. The first-order valence-electron chi connectivity index (χ1n) is 15.4. The molecule has 0 aliphatic carbocycles. The number of hydrogen-bond acceptors (Lipinski definition) is 7. The van der Waals surface area contributed by atoms with Crippen molar-refractivity contribution in [3.8, 4) is 5.75 Å². The number of aryl methyl sites for hydroxylation is 2. The second-order valence-electron chi connectivity index (χ2n) is 11.6. The second-order valence-corrected chi connectivity index (χ2v) is 11.6.